The quantitative estimate of drug-likeness (QED) is 0.332. The third-order valence-corrected chi connectivity index (χ3v) is 5.61. The second-order valence-electron chi connectivity index (χ2n) is 7.44. The number of carbonyl (C=O) groups excluding carboxylic acids is 1. The van der Waals surface area contributed by atoms with Gasteiger partial charge < -0.3 is 14.8 Å². The lowest BCUT2D eigenvalue weighted by molar-refractivity contribution is 0.102. The molecule has 0 aliphatic rings. The van der Waals surface area contributed by atoms with Gasteiger partial charge in [-0.05, 0) is 67.3 Å². The summed E-state index contributed by atoms with van der Waals surface area (Å²) in [5.41, 5.74) is 3.05. The summed E-state index contributed by atoms with van der Waals surface area (Å²) in [6.45, 7) is 4.65. The highest BCUT2D eigenvalue weighted by Gasteiger charge is 2.13. The molecular weight excluding hydrogens is 422 g/mol. The molecule has 4 nitrogen and oxygen atoms in total. The first-order chi connectivity index (χ1) is 15.5. The normalized spacial score (nSPS) is 10.7. The van der Waals surface area contributed by atoms with Gasteiger partial charge in [-0.15, -0.1) is 0 Å². The first-order valence-electron chi connectivity index (χ1n) is 10.5. The second-order valence-corrected chi connectivity index (χ2v) is 7.84. The number of rotatable bonds is 7. The van der Waals surface area contributed by atoms with Crippen LogP contribution in [0.25, 0.3) is 10.8 Å². The highest BCUT2D eigenvalue weighted by molar-refractivity contribution is 6.31. The van der Waals surface area contributed by atoms with Crippen molar-refractivity contribution in [2.45, 2.75) is 20.5 Å². The molecule has 4 rings (SSSR count). The number of anilines is 1. The van der Waals surface area contributed by atoms with Crippen molar-refractivity contribution in [1.29, 1.82) is 0 Å². The molecule has 0 fully saturated rings. The van der Waals surface area contributed by atoms with Crippen molar-refractivity contribution in [3.8, 4) is 11.5 Å². The number of halogens is 1. The molecule has 1 amide bonds. The summed E-state index contributed by atoms with van der Waals surface area (Å²) in [5, 5.41) is 5.80. The Balaban J connectivity index is 1.57. The van der Waals surface area contributed by atoms with Crippen molar-refractivity contribution in [1.82, 2.24) is 0 Å². The zero-order chi connectivity index (χ0) is 22.5. The van der Waals surface area contributed by atoms with E-state index in [0.717, 1.165) is 27.6 Å². The lowest BCUT2D eigenvalue weighted by Crippen LogP contribution is -2.13. The van der Waals surface area contributed by atoms with Gasteiger partial charge in [-0.2, -0.15) is 0 Å². The van der Waals surface area contributed by atoms with Crippen molar-refractivity contribution in [2.75, 3.05) is 11.9 Å². The highest BCUT2D eigenvalue weighted by atomic mass is 35.5. The molecule has 32 heavy (non-hydrogen) atoms. The van der Waals surface area contributed by atoms with Crippen molar-refractivity contribution in [2.24, 2.45) is 0 Å². The van der Waals surface area contributed by atoms with E-state index in [2.05, 4.69) is 5.32 Å². The molecule has 162 valence electrons. The summed E-state index contributed by atoms with van der Waals surface area (Å²) in [7, 11) is 0. The zero-order valence-electron chi connectivity index (χ0n) is 18.0. The molecule has 0 saturated heterocycles. The molecule has 0 bridgehead atoms. The van der Waals surface area contributed by atoms with Gasteiger partial charge in [-0.25, -0.2) is 0 Å². The second kappa shape index (κ2) is 9.75. The number of hydrogen-bond acceptors (Lipinski definition) is 3. The molecule has 0 aliphatic carbocycles. The Kier molecular flexibility index (Phi) is 6.62. The van der Waals surface area contributed by atoms with E-state index in [4.69, 9.17) is 21.1 Å². The van der Waals surface area contributed by atoms with Gasteiger partial charge in [-0.1, -0.05) is 48.0 Å². The maximum atomic E-state index is 13.0. The Hall–Kier alpha value is -3.50. The van der Waals surface area contributed by atoms with E-state index in [1.165, 1.54) is 0 Å². The predicted octanol–water partition coefficient (Wildman–Crippen LogP) is 7.03. The van der Waals surface area contributed by atoms with Crippen LogP contribution in [0.4, 0.5) is 5.69 Å². The monoisotopic (exact) mass is 445 g/mol. The summed E-state index contributed by atoms with van der Waals surface area (Å²) in [4.78, 5) is 13.0. The van der Waals surface area contributed by atoms with Crippen LogP contribution < -0.4 is 14.8 Å². The first-order valence-corrected chi connectivity index (χ1v) is 10.9. The third kappa shape index (κ3) is 4.87. The van der Waals surface area contributed by atoms with Gasteiger partial charge in [0.15, 0.2) is 0 Å². The summed E-state index contributed by atoms with van der Waals surface area (Å²) in [6, 6.07) is 24.7. The molecule has 0 radical (unpaired) electrons. The summed E-state index contributed by atoms with van der Waals surface area (Å²) in [6.07, 6.45) is 0. The van der Waals surface area contributed by atoms with Crippen molar-refractivity contribution in [3.05, 3.63) is 101 Å². The number of fused-ring (bicyclic) bond motifs is 1. The molecule has 0 saturated carbocycles. The van der Waals surface area contributed by atoms with Gasteiger partial charge in [-0.3, -0.25) is 4.79 Å². The van der Waals surface area contributed by atoms with Gasteiger partial charge in [0.1, 0.15) is 18.1 Å². The number of carbonyl (C=O) groups is 1. The SMILES string of the molecule is CCOc1ccc(C(=O)Nc2cccc3ccccc23)cc1COc1ccc(Cl)c(C)c1. The van der Waals surface area contributed by atoms with Gasteiger partial charge in [0.05, 0.1) is 6.61 Å². The minimum Gasteiger partial charge on any atom is -0.493 e. The third-order valence-electron chi connectivity index (χ3n) is 5.18. The molecule has 0 spiro atoms. The summed E-state index contributed by atoms with van der Waals surface area (Å²) >= 11 is 6.10. The average molecular weight is 446 g/mol. The van der Waals surface area contributed by atoms with E-state index in [0.29, 0.717) is 28.7 Å². The Morgan fingerprint density at radius 1 is 0.938 bits per heavy atom. The Morgan fingerprint density at radius 3 is 2.56 bits per heavy atom. The van der Waals surface area contributed by atoms with Gasteiger partial charge in [0.25, 0.3) is 5.91 Å². The zero-order valence-corrected chi connectivity index (χ0v) is 18.8. The molecule has 0 heterocycles. The molecule has 5 heteroatoms. The predicted molar refractivity (Wildman–Crippen MR) is 130 cm³/mol. The molecular formula is C27H24ClNO3. The fraction of sp³-hybridized carbons (Fsp3) is 0.148. The van der Waals surface area contributed by atoms with Gasteiger partial charge in [0.2, 0.25) is 0 Å². The maximum absolute atomic E-state index is 13.0. The van der Waals surface area contributed by atoms with Crippen molar-refractivity contribution in [3.63, 3.8) is 0 Å². The summed E-state index contributed by atoms with van der Waals surface area (Å²) in [5.74, 6) is 1.22. The molecule has 0 unspecified atom stereocenters. The fourth-order valence-corrected chi connectivity index (χ4v) is 3.64. The van der Waals surface area contributed by atoms with Gasteiger partial charge in [0, 0.05) is 27.2 Å². The fourth-order valence-electron chi connectivity index (χ4n) is 3.53. The topological polar surface area (TPSA) is 47.6 Å². The Labute approximate surface area is 192 Å². The molecule has 1 N–H and O–H groups in total. The van der Waals surface area contributed by atoms with Crippen LogP contribution in [0.3, 0.4) is 0 Å². The molecule has 0 aromatic heterocycles. The van der Waals surface area contributed by atoms with Crippen LogP contribution in [-0.2, 0) is 6.61 Å². The van der Waals surface area contributed by atoms with Crippen LogP contribution in [0.5, 0.6) is 11.5 Å². The summed E-state index contributed by atoms with van der Waals surface area (Å²) < 4.78 is 11.7. The average Bonchev–Trinajstić information content (AvgIpc) is 2.81. The molecule has 0 aliphatic heterocycles. The van der Waals surface area contributed by atoms with Crippen LogP contribution in [0.2, 0.25) is 5.02 Å². The number of hydrogen-bond donors (Lipinski definition) is 1. The lowest BCUT2D eigenvalue weighted by Gasteiger charge is -2.14. The largest absolute Gasteiger partial charge is 0.493 e. The van der Waals surface area contributed by atoms with Crippen LogP contribution >= 0.6 is 11.6 Å². The smallest absolute Gasteiger partial charge is 0.255 e. The van der Waals surface area contributed by atoms with E-state index >= 15 is 0 Å². The van der Waals surface area contributed by atoms with Crippen LogP contribution in [0, 0.1) is 6.92 Å². The maximum Gasteiger partial charge on any atom is 0.255 e. The Bertz CT molecular complexity index is 1260. The van der Waals surface area contributed by atoms with Crippen molar-refractivity contribution >= 4 is 34.0 Å². The number of ether oxygens (including phenoxy) is 2. The van der Waals surface area contributed by atoms with E-state index in [-0.39, 0.29) is 12.5 Å². The lowest BCUT2D eigenvalue weighted by atomic mass is 10.1. The first kappa shape index (κ1) is 21.7. The number of nitrogens with one attached hydrogen (secondary N) is 1. The van der Waals surface area contributed by atoms with E-state index in [1.54, 1.807) is 6.07 Å². The van der Waals surface area contributed by atoms with Crippen LogP contribution in [0.15, 0.2) is 78.9 Å². The Morgan fingerprint density at radius 2 is 1.75 bits per heavy atom. The minimum absolute atomic E-state index is 0.187. The number of amides is 1. The number of benzene rings is 4. The highest BCUT2D eigenvalue weighted by Crippen LogP contribution is 2.27. The van der Waals surface area contributed by atoms with Crippen LogP contribution in [0.1, 0.15) is 28.4 Å². The van der Waals surface area contributed by atoms with E-state index in [1.807, 2.05) is 86.6 Å². The van der Waals surface area contributed by atoms with Gasteiger partial charge >= 0.3 is 0 Å². The van der Waals surface area contributed by atoms with Crippen molar-refractivity contribution < 1.29 is 14.3 Å². The number of aryl methyl sites for hydroxylation is 1. The van der Waals surface area contributed by atoms with E-state index in [9.17, 15) is 4.79 Å². The van der Waals surface area contributed by atoms with E-state index < -0.39 is 0 Å². The molecule has 4 aromatic rings. The standard InChI is InChI=1S/C27H24ClNO3/c1-3-31-26-14-11-20(16-21(26)17-32-22-12-13-24(28)18(2)15-22)27(30)29-25-10-6-8-19-7-4-5-9-23(19)25/h4-16H,3,17H2,1-2H3,(H,29,30). The molecule has 4 aromatic carbocycles. The molecule has 0 atom stereocenters. The minimum atomic E-state index is -0.187. The van der Waals surface area contributed by atoms with Crippen LogP contribution in [-0.4, -0.2) is 12.5 Å².